The molecule has 0 fully saturated rings. The lowest BCUT2D eigenvalue weighted by atomic mass is 10.4. The Morgan fingerprint density at radius 3 is 2.43 bits per heavy atom. The van der Waals surface area contributed by atoms with Crippen molar-refractivity contribution >= 4 is 0 Å². The third kappa shape index (κ3) is 5.23. The fourth-order valence-electron chi connectivity index (χ4n) is 0.202. The molecule has 38 valence electrons. The summed E-state index contributed by atoms with van der Waals surface area (Å²) in [5, 5.41) is 0. The predicted molar refractivity (Wildman–Crippen MR) is 32.6 cm³/mol. The monoisotopic (exact) mass is 96.1 g/mol. The highest BCUT2D eigenvalue weighted by Crippen LogP contribution is 1.82. The van der Waals surface area contributed by atoms with Crippen molar-refractivity contribution in [1.29, 1.82) is 0 Å². The van der Waals surface area contributed by atoms with Crippen molar-refractivity contribution in [1.82, 2.24) is 0 Å². The third-order valence-corrected chi connectivity index (χ3v) is 0.424. The first-order chi connectivity index (χ1) is 3.27. The van der Waals surface area contributed by atoms with Crippen LogP contribution in [0.25, 0.3) is 4.85 Å². The Morgan fingerprint density at radius 1 is 1.71 bits per heavy atom. The lowest BCUT2D eigenvalue weighted by molar-refractivity contribution is 0.977. The van der Waals surface area contributed by atoms with Crippen LogP contribution in [0.2, 0.25) is 0 Å². The molecule has 0 aliphatic rings. The number of allylic oxidation sites excluding steroid dienone is 1. The minimum absolute atomic E-state index is 0.345. The average Bonchev–Trinajstić information content (AvgIpc) is 1.61. The van der Waals surface area contributed by atoms with Gasteiger partial charge in [0.05, 0.1) is 6.08 Å². The Hall–Kier alpha value is -0.770. The van der Waals surface area contributed by atoms with E-state index in [2.05, 4.69) is 17.5 Å². The van der Waals surface area contributed by atoms with Crippen LogP contribution in [0, 0.1) is 6.07 Å². The zero-order valence-corrected chi connectivity index (χ0v) is 4.81. The summed E-state index contributed by atoms with van der Waals surface area (Å²) in [4.78, 5) is 3.88. The van der Waals surface area contributed by atoms with Crippen LogP contribution in [0.5, 0.6) is 0 Å². The summed E-state index contributed by atoms with van der Waals surface area (Å²) in [5.41, 5.74) is 0. The van der Waals surface area contributed by atoms with E-state index in [-0.39, 0.29) is 0 Å². The number of hydrogen-bond donors (Lipinski definition) is 0. The Labute approximate surface area is 44.5 Å². The van der Waals surface area contributed by atoms with Crippen LogP contribution in [0.3, 0.4) is 0 Å². The van der Waals surface area contributed by atoms with Crippen LogP contribution in [0.4, 0.5) is 0 Å². The van der Waals surface area contributed by atoms with Crippen LogP contribution in [-0.4, -0.2) is 6.04 Å². The quantitative estimate of drug-likeness (QED) is 0.406. The van der Waals surface area contributed by atoms with Crippen molar-refractivity contribution in [3.8, 4) is 6.07 Å². The number of nitrogens with zero attached hydrogens (tertiary/aromatic N) is 1. The molecule has 0 N–H and O–H groups in total. The topological polar surface area (TPSA) is 4.36 Å². The molecular weight excluding hydrogens is 86.1 g/mol. The van der Waals surface area contributed by atoms with E-state index in [4.69, 9.17) is 0 Å². The fourth-order valence-corrected chi connectivity index (χ4v) is 0.202. The van der Waals surface area contributed by atoms with Gasteiger partial charge in [0, 0.05) is 13.8 Å². The molecule has 0 aromatic carbocycles. The summed E-state index contributed by atoms with van der Waals surface area (Å²) >= 11 is 0. The number of rotatable bonds is 0. The van der Waals surface area contributed by atoms with Crippen LogP contribution < -0.4 is 0 Å². The molecule has 0 unspecified atom stereocenters. The lowest BCUT2D eigenvalue weighted by Crippen LogP contribution is -1.79. The first kappa shape index (κ1) is 6.23. The van der Waals surface area contributed by atoms with Gasteiger partial charge in [-0.2, -0.15) is 0 Å². The molecule has 0 saturated carbocycles. The standard InChI is InChI=1S/C6H10N/c1-4-5-7-6(2)3/h4,6H,1H2,2-3H3/q+1. The maximum absolute atomic E-state index is 3.88. The average molecular weight is 96.2 g/mol. The van der Waals surface area contributed by atoms with E-state index >= 15 is 0 Å². The maximum atomic E-state index is 3.88. The van der Waals surface area contributed by atoms with Gasteiger partial charge < -0.3 is 0 Å². The predicted octanol–water partition coefficient (Wildman–Crippen LogP) is 1.91. The summed E-state index contributed by atoms with van der Waals surface area (Å²) < 4.78 is 0. The summed E-state index contributed by atoms with van der Waals surface area (Å²) in [6.45, 7) is 7.42. The smallest absolute Gasteiger partial charge is 0.0842 e. The highest BCUT2D eigenvalue weighted by atomic mass is 14.7. The molecule has 0 radical (unpaired) electrons. The maximum Gasteiger partial charge on any atom is 0.302 e. The summed E-state index contributed by atoms with van der Waals surface area (Å²) in [6, 6.07) is 2.98. The van der Waals surface area contributed by atoms with Gasteiger partial charge in [0.2, 0.25) is 0 Å². The van der Waals surface area contributed by atoms with Crippen molar-refractivity contribution in [2.75, 3.05) is 0 Å². The van der Waals surface area contributed by atoms with E-state index in [1.54, 1.807) is 6.08 Å². The van der Waals surface area contributed by atoms with Gasteiger partial charge in [0.15, 0.2) is 0 Å². The van der Waals surface area contributed by atoms with Crippen molar-refractivity contribution in [2.24, 2.45) is 0 Å². The molecule has 0 bridgehead atoms. The molecule has 7 heavy (non-hydrogen) atoms. The van der Waals surface area contributed by atoms with Gasteiger partial charge in [-0.05, 0) is 0 Å². The van der Waals surface area contributed by atoms with Gasteiger partial charge in [0.1, 0.15) is 0 Å². The molecule has 0 spiro atoms. The van der Waals surface area contributed by atoms with E-state index in [0.717, 1.165) is 0 Å². The first-order valence-electron chi connectivity index (χ1n) is 2.33. The molecule has 0 aromatic heterocycles. The Kier molecular flexibility index (Phi) is 3.04. The highest BCUT2D eigenvalue weighted by molar-refractivity contribution is 5.05. The van der Waals surface area contributed by atoms with Crippen LogP contribution in [-0.2, 0) is 0 Å². The van der Waals surface area contributed by atoms with E-state index < -0.39 is 0 Å². The Bertz CT molecular complexity index is 103. The molecule has 1 nitrogen and oxygen atoms in total. The number of hydrogen-bond acceptors (Lipinski definition) is 0. The van der Waals surface area contributed by atoms with E-state index in [9.17, 15) is 0 Å². The highest BCUT2D eigenvalue weighted by Gasteiger charge is 1.92. The molecule has 0 atom stereocenters. The molecule has 0 amide bonds. The molecule has 0 saturated heterocycles. The van der Waals surface area contributed by atoms with Gasteiger partial charge in [-0.15, -0.1) is 0 Å². The first-order valence-corrected chi connectivity index (χ1v) is 2.33. The van der Waals surface area contributed by atoms with Gasteiger partial charge in [-0.25, -0.2) is 0 Å². The largest absolute Gasteiger partial charge is 0.302 e. The van der Waals surface area contributed by atoms with Gasteiger partial charge in [0.25, 0.3) is 6.04 Å². The summed E-state index contributed by atoms with van der Waals surface area (Å²) in [6.07, 6.45) is 1.56. The zero-order valence-electron chi connectivity index (χ0n) is 4.81. The second kappa shape index (κ2) is 3.42. The fraction of sp³-hybridized carbons (Fsp3) is 0.500. The van der Waals surface area contributed by atoms with E-state index in [0.29, 0.717) is 6.04 Å². The van der Waals surface area contributed by atoms with Crippen molar-refractivity contribution in [2.45, 2.75) is 19.9 Å². The minimum atomic E-state index is 0.345. The van der Waals surface area contributed by atoms with Gasteiger partial charge in [-0.3, -0.25) is 0 Å². The second-order valence-electron chi connectivity index (χ2n) is 1.56. The molecule has 1 heteroatoms. The Morgan fingerprint density at radius 2 is 2.29 bits per heavy atom. The molecule has 0 aliphatic heterocycles. The van der Waals surface area contributed by atoms with E-state index in [1.807, 2.05) is 13.8 Å². The molecule has 0 heterocycles. The van der Waals surface area contributed by atoms with Crippen molar-refractivity contribution in [3.63, 3.8) is 0 Å². The van der Waals surface area contributed by atoms with E-state index in [1.165, 1.54) is 0 Å². The minimum Gasteiger partial charge on any atom is -0.0842 e. The Balaban J connectivity index is 3.43. The normalized spacial score (nSPS) is 7.29. The second-order valence-corrected chi connectivity index (χ2v) is 1.56. The molecule has 0 rings (SSSR count). The van der Waals surface area contributed by atoms with Crippen LogP contribution in [0.1, 0.15) is 13.8 Å². The molecular formula is C6H10N+. The van der Waals surface area contributed by atoms with Crippen LogP contribution >= 0.6 is 0 Å². The van der Waals surface area contributed by atoms with Gasteiger partial charge in [-0.1, -0.05) is 11.4 Å². The third-order valence-electron chi connectivity index (χ3n) is 0.424. The van der Waals surface area contributed by atoms with Crippen molar-refractivity contribution < 1.29 is 0 Å². The molecule has 0 aliphatic carbocycles. The summed E-state index contributed by atoms with van der Waals surface area (Å²) in [5.74, 6) is 0. The van der Waals surface area contributed by atoms with Gasteiger partial charge >= 0.3 is 6.07 Å². The van der Waals surface area contributed by atoms with Crippen LogP contribution in [0.15, 0.2) is 12.7 Å². The zero-order chi connectivity index (χ0) is 5.70. The summed E-state index contributed by atoms with van der Waals surface area (Å²) in [7, 11) is 0. The van der Waals surface area contributed by atoms with Crippen molar-refractivity contribution in [3.05, 3.63) is 17.5 Å². The lowest BCUT2D eigenvalue weighted by Gasteiger charge is -1.67. The SMILES string of the molecule is C=CC#[N+]C(C)C. The molecule has 0 aromatic rings.